The molecule has 2 nitrogen and oxygen atoms in total. The lowest BCUT2D eigenvalue weighted by atomic mass is 10.0. The quantitative estimate of drug-likeness (QED) is 0.687. The van der Waals surface area contributed by atoms with Gasteiger partial charge in [0, 0.05) is 6.04 Å². The minimum absolute atomic E-state index is 0.242. The fourth-order valence-corrected chi connectivity index (χ4v) is 2.71. The summed E-state index contributed by atoms with van der Waals surface area (Å²) in [5, 5.41) is 3.59. The van der Waals surface area contributed by atoms with Gasteiger partial charge in [-0.05, 0) is 49.4 Å². The summed E-state index contributed by atoms with van der Waals surface area (Å²) in [5.41, 5.74) is 2.57. The first-order valence-electron chi connectivity index (χ1n) is 8.53. The van der Waals surface area contributed by atoms with E-state index >= 15 is 0 Å². The number of rotatable bonds is 9. The first-order valence-corrected chi connectivity index (χ1v) is 8.53. The molecule has 0 heterocycles. The van der Waals surface area contributed by atoms with Crippen molar-refractivity contribution in [2.45, 2.75) is 78.9 Å². The van der Waals surface area contributed by atoms with Crippen molar-refractivity contribution in [3.8, 4) is 5.75 Å². The van der Waals surface area contributed by atoms with Gasteiger partial charge in [0.2, 0.25) is 0 Å². The maximum atomic E-state index is 6.39. The number of hydrogen-bond acceptors (Lipinski definition) is 2. The van der Waals surface area contributed by atoms with Gasteiger partial charge in [-0.2, -0.15) is 0 Å². The summed E-state index contributed by atoms with van der Waals surface area (Å²) >= 11 is 0. The Morgan fingerprint density at radius 3 is 2.38 bits per heavy atom. The number of aryl methyl sites for hydroxylation is 1. The van der Waals surface area contributed by atoms with Crippen LogP contribution in [0.2, 0.25) is 0 Å². The van der Waals surface area contributed by atoms with E-state index in [-0.39, 0.29) is 6.10 Å². The van der Waals surface area contributed by atoms with Crippen LogP contribution in [0, 0.1) is 6.92 Å². The van der Waals surface area contributed by atoms with Crippen LogP contribution in [0.15, 0.2) is 18.2 Å². The summed E-state index contributed by atoms with van der Waals surface area (Å²) < 4.78 is 6.39. The summed E-state index contributed by atoms with van der Waals surface area (Å²) in [6, 6.07) is 7.05. The molecule has 2 unspecified atom stereocenters. The molecule has 0 amide bonds. The molecule has 0 fully saturated rings. The third-order valence-corrected chi connectivity index (χ3v) is 4.07. The van der Waals surface area contributed by atoms with Gasteiger partial charge in [0.05, 0.1) is 0 Å². The molecule has 0 aliphatic rings. The molecule has 2 heteroatoms. The molecule has 0 aliphatic carbocycles. The second-order valence-electron chi connectivity index (χ2n) is 6.20. The van der Waals surface area contributed by atoms with E-state index in [2.05, 4.69) is 65.1 Å². The van der Waals surface area contributed by atoms with Crippen molar-refractivity contribution in [3.05, 3.63) is 29.3 Å². The van der Waals surface area contributed by atoms with E-state index in [1.165, 1.54) is 17.5 Å². The molecular formula is C19H33NO. The van der Waals surface area contributed by atoms with E-state index in [0.29, 0.717) is 12.0 Å². The lowest BCUT2D eigenvalue weighted by Crippen LogP contribution is -2.42. The molecule has 1 aromatic carbocycles. The Balaban J connectivity index is 2.91. The average Bonchev–Trinajstić information content (AvgIpc) is 2.46. The van der Waals surface area contributed by atoms with Gasteiger partial charge in [0.25, 0.3) is 0 Å². The Labute approximate surface area is 131 Å². The maximum Gasteiger partial charge on any atom is 0.122 e. The third kappa shape index (κ3) is 5.35. The lowest BCUT2D eigenvalue weighted by molar-refractivity contribution is 0.142. The molecule has 0 saturated heterocycles. The standard InChI is InChI=1S/C19H33NO/c1-7-10-17(20-9-3)18(8-2)21-19-13-16(14(4)5)12-11-15(19)6/h11-14,17-18,20H,7-10H2,1-6H3. The number of nitrogens with one attached hydrogen (secondary N) is 1. The Morgan fingerprint density at radius 1 is 1.14 bits per heavy atom. The van der Waals surface area contributed by atoms with Crippen molar-refractivity contribution in [3.63, 3.8) is 0 Å². The molecule has 2 atom stereocenters. The Hall–Kier alpha value is -1.02. The number of benzene rings is 1. The van der Waals surface area contributed by atoms with Crippen molar-refractivity contribution in [2.24, 2.45) is 0 Å². The monoisotopic (exact) mass is 291 g/mol. The van der Waals surface area contributed by atoms with Gasteiger partial charge >= 0.3 is 0 Å². The zero-order chi connectivity index (χ0) is 15.8. The fraction of sp³-hybridized carbons (Fsp3) is 0.684. The molecule has 1 rings (SSSR count). The van der Waals surface area contributed by atoms with Crippen LogP contribution in [0.5, 0.6) is 5.75 Å². The van der Waals surface area contributed by atoms with Crippen LogP contribution in [0.4, 0.5) is 0 Å². The largest absolute Gasteiger partial charge is 0.489 e. The van der Waals surface area contributed by atoms with Crippen LogP contribution in [-0.4, -0.2) is 18.7 Å². The molecule has 0 radical (unpaired) electrons. The second kappa shape index (κ2) is 9.09. The highest BCUT2D eigenvalue weighted by Crippen LogP contribution is 2.26. The molecule has 0 spiro atoms. The fourth-order valence-electron chi connectivity index (χ4n) is 2.71. The molecule has 1 aromatic rings. The minimum atomic E-state index is 0.242. The number of ether oxygens (including phenoxy) is 1. The molecule has 1 N–H and O–H groups in total. The van der Waals surface area contributed by atoms with Crippen LogP contribution in [0.1, 0.15) is 70.9 Å². The van der Waals surface area contributed by atoms with E-state index in [0.717, 1.165) is 25.1 Å². The highest BCUT2D eigenvalue weighted by atomic mass is 16.5. The summed E-state index contributed by atoms with van der Waals surface area (Å²) in [6.07, 6.45) is 3.62. The zero-order valence-corrected chi connectivity index (χ0v) is 14.7. The van der Waals surface area contributed by atoms with Crippen LogP contribution >= 0.6 is 0 Å². The summed E-state index contributed by atoms with van der Waals surface area (Å²) in [7, 11) is 0. The predicted octanol–water partition coefficient (Wildman–Crippen LogP) is 5.05. The smallest absolute Gasteiger partial charge is 0.122 e. The van der Waals surface area contributed by atoms with Crippen molar-refractivity contribution >= 4 is 0 Å². The van der Waals surface area contributed by atoms with E-state index in [1.807, 2.05) is 0 Å². The third-order valence-electron chi connectivity index (χ3n) is 4.07. The first-order chi connectivity index (χ1) is 10.0. The number of likely N-dealkylation sites (N-methyl/N-ethyl adjacent to an activating group) is 1. The van der Waals surface area contributed by atoms with Crippen molar-refractivity contribution in [1.82, 2.24) is 5.32 Å². The minimum Gasteiger partial charge on any atom is -0.489 e. The Morgan fingerprint density at radius 2 is 1.86 bits per heavy atom. The van der Waals surface area contributed by atoms with Crippen molar-refractivity contribution in [2.75, 3.05) is 6.54 Å². The summed E-state index contributed by atoms with van der Waals surface area (Å²) in [4.78, 5) is 0. The van der Waals surface area contributed by atoms with Crippen molar-refractivity contribution in [1.29, 1.82) is 0 Å². The first kappa shape index (κ1) is 18.0. The molecule has 0 saturated carbocycles. The normalized spacial score (nSPS) is 14.2. The van der Waals surface area contributed by atoms with Crippen LogP contribution < -0.4 is 10.1 Å². The zero-order valence-electron chi connectivity index (χ0n) is 14.7. The Kier molecular flexibility index (Phi) is 7.81. The van der Waals surface area contributed by atoms with Crippen LogP contribution in [0.25, 0.3) is 0 Å². The molecule has 0 bridgehead atoms. The summed E-state index contributed by atoms with van der Waals surface area (Å²) in [6.45, 7) is 14.2. The van der Waals surface area contributed by atoms with E-state index in [9.17, 15) is 0 Å². The molecular weight excluding hydrogens is 258 g/mol. The Bertz CT molecular complexity index is 408. The highest BCUT2D eigenvalue weighted by molar-refractivity contribution is 5.38. The molecule has 21 heavy (non-hydrogen) atoms. The highest BCUT2D eigenvalue weighted by Gasteiger charge is 2.21. The van der Waals surface area contributed by atoms with Gasteiger partial charge in [0.15, 0.2) is 0 Å². The molecule has 120 valence electrons. The summed E-state index contributed by atoms with van der Waals surface area (Å²) in [5.74, 6) is 1.58. The van der Waals surface area contributed by atoms with Crippen LogP contribution in [0.3, 0.4) is 0 Å². The van der Waals surface area contributed by atoms with Gasteiger partial charge in [-0.1, -0.05) is 53.2 Å². The van der Waals surface area contributed by atoms with E-state index < -0.39 is 0 Å². The number of hydrogen-bond donors (Lipinski definition) is 1. The second-order valence-corrected chi connectivity index (χ2v) is 6.20. The van der Waals surface area contributed by atoms with Gasteiger partial charge < -0.3 is 10.1 Å². The topological polar surface area (TPSA) is 21.3 Å². The average molecular weight is 291 g/mol. The van der Waals surface area contributed by atoms with E-state index in [4.69, 9.17) is 4.74 Å². The SMILES string of the molecule is CCCC(NCC)C(CC)Oc1cc(C(C)C)ccc1C. The van der Waals surface area contributed by atoms with Crippen LogP contribution in [-0.2, 0) is 0 Å². The van der Waals surface area contributed by atoms with Gasteiger partial charge in [0.1, 0.15) is 11.9 Å². The van der Waals surface area contributed by atoms with Gasteiger partial charge in [-0.15, -0.1) is 0 Å². The van der Waals surface area contributed by atoms with Gasteiger partial charge in [-0.25, -0.2) is 0 Å². The maximum absolute atomic E-state index is 6.39. The predicted molar refractivity (Wildman–Crippen MR) is 92.3 cm³/mol. The lowest BCUT2D eigenvalue weighted by Gasteiger charge is -2.28. The molecule has 0 aliphatic heterocycles. The van der Waals surface area contributed by atoms with Crippen molar-refractivity contribution < 1.29 is 4.74 Å². The molecule has 0 aromatic heterocycles. The van der Waals surface area contributed by atoms with Gasteiger partial charge in [-0.3, -0.25) is 0 Å². The van der Waals surface area contributed by atoms with E-state index in [1.54, 1.807) is 0 Å².